The topological polar surface area (TPSA) is 12.0 Å². The highest BCUT2D eigenvalue weighted by Crippen LogP contribution is 2.12. The first-order valence-corrected chi connectivity index (χ1v) is 8.10. The summed E-state index contributed by atoms with van der Waals surface area (Å²) in [6.07, 6.45) is 14.0. The number of unbranched alkanes of at least 4 members (excludes halogenated alkanes) is 8. The number of halogens is 1. The van der Waals surface area contributed by atoms with Gasteiger partial charge in [-0.3, -0.25) is 0 Å². The molecular weight excluding hydrogens is 262 g/mol. The fourth-order valence-electron chi connectivity index (χ4n) is 1.96. The molecule has 0 aromatic rings. The molecule has 0 aromatic heterocycles. The van der Waals surface area contributed by atoms with Gasteiger partial charge in [0.1, 0.15) is 0 Å². The zero-order valence-corrected chi connectivity index (χ0v) is 12.8. The molecule has 0 aliphatic heterocycles. The number of rotatable bonds is 12. The molecule has 1 unspecified atom stereocenters. The molecule has 0 amide bonds. The van der Waals surface area contributed by atoms with Crippen LogP contribution in [0.3, 0.4) is 0 Å². The van der Waals surface area contributed by atoms with E-state index in [-0.39, 0.29) is 0 Å². The summed E-state index contributed by atoms with van der Waals surface area (Å²) < 4.78 is 0. The Bertz CT molecular complexity index is 128. The fourth-order valence-corrected chi connectivity index (χ4v) is 2.61. The number of hydrogen-bond acceptors (Lipinski definition) is 1. The average Bonchev–Trinajstić information content (AvgIpc) is 2.27. The predicted molar refractivity (Wildman–Crippen MR) is 78.2 cm³/mol. The molecule has 16 heavy (non-hydrogen) atoms. The molecule has 1 nitrogen and oxygen atoms in total. The largest absolute Gasteiger partial charge is 0.305 e. The molecule has 2 heteroatoms. The van der Waals surface area contributed by atoms with Crippen molar-refractivity contribution in [2.45, 2.75) is 83.0 Å². The molecule has 0 saturated carbocycles. The van der Waals surface area contributed by atoms with E-state index in [4.69, 9.17) is 0 Å². The highest BCUT2D eigenvalue weighted by atomic mass is 79.9. The molecule has 98 valence electrons. The van der Waals surface area contributed by atoms with E-state index in [1.54, 1.807) is 0 Å². The number of nitrogens with one attached hydrogen (secondary N) is 1. The van der Waals surface area contributed by atoms with Crippen LogP contribution in [0.25, 0.3) is 0 Å². The average molecular weight is 292 g/mol. The maximum Gasteiger partial charge on any atom is 0.0630 e. The second-order valence-corrected chi connectivity index (χ2v) is 5.75. The summed E-state index contributed by atoms with van der Waals surface area (Å²) in [5, 5.41) is 3.39. The molecule has 0 aliphatic rings. The predicted octanol–water partition coefficient (Wildman–Crippen LogP) is 5.24. The van der Waals surface area contributed by atoms with Gasteiger partial charge in [-0.25, -0.2) is 0 Å². The van der Waals surface area contributed by atoms with Gasteiger partial charge in [-0.05, 0) is 13.0 Å². The van der Waals surface area contributed by atoms with Crippen molar-refractivity contribution in [2.75, 3.05) is 6.54 Å². The SMILES string of the molecule is CCCCCCCCCCCC(Br)NCC. The number of alkyl halides is 1. The van der Waals surface area contributed by atoms with Crippen molar-refractivity contribution in [1.82, 2.24) is 5.32 Å². The van der Waals surface area contributed by atoms with Gasteiger partial charge in [0.15, 0.2) is 0 Å². The van der Waals surface area contributed by atoms with Crippen LogP contribution in [0.15, 0.2) is 0 Å². The molecule has 0 fully saturated rings. The highest BCUT2D eigenvalue weighted by molar-refractivity contribution is 9.09. The molecule has 0 radical (unpaired) electrons. The second-order valence-electron chi connectivity index (χ2n) is 4.64. The van der Waals surface area contributed by atoms with Gasteiger partial charge in [0.05, 0.1) is 4.95 Å². The van der Waals surface area contributed by atoms with Gasteiger partial charge in [0.2, 0.25) is 0 Å². The van der Waals surface area contributed by atoms with Gasteiger partial charge >= 0.3 is 0 Å². The van der Waals surface area contributed by atoms with Gasteiger partial charge in [-0.1, -0.05) is 87.6 Å². The van der Waals surface area contributed by atoms with Crippen LogP contribution >= 0.6 is 15.9 Å². The molecule has 1 atom stereocenters. The lowest BCUT2D eigenvalue weighted by Crippen LogP contribution is -2.22. The molecule has 0 saturated heterocycles. The van der Waals surface area contributed by atoms with E-state index in [1.165, 1.54) is 64.2 Å². The van der Waals surface area contributed by atoms with Crippen LogP contribution in [-0.4, -0.2) is 11.5 Å². The maximum absolute atomic E-state index is 3.64. The van der Waals surface area contributed by atoms with Gasteiger partial charge in [0, 0.05) is 0 Å². The third-order valence-electron chi connectivity index (χ3n) is 2.99. The molecule has 0 heterocycles. The maximum atomic E-state index is 3.64. The Morgan fingerprint density at radius 3 is 1.81 bits per heavy atom. The summed E-state index contributed by atoms with van der Waals surface area (Å²) in [6, 6.07) is 0. The zero-order chi connectivity index (χ0) is 12.1. The third-order valence-corrected chi connectivity index (χ3v) is 3.77. The van der Waals surface area contributed by atoms with Crippen molar-refractivity contribution in [3.63, 3.8) is 0 Å². The molecule has 0 rings (SSSR count). The Morgan fingerprint density at radius 1 is 0.812 bits per heavy atom. The van der Waals surface area contributed by atoms with Crippen molar-refractivity contribution in [3.05, 3.63) is 0 Å². The first-order valence-electron chi connectivity index (χ1n) is 7.18. The van der Waals surface area contributed by atoms with Crippen molar-refractivity contribution in [2.24, 2.45) is 0 Å². The molecule has 0 spiro atoms. The standard InChI is InChI=1S/C14H30BrN/c1-3-5-6-7-8-9-10-11-12-13-14(15)16-4-2/h14,16H,3-13H2,1-2H3. The lowest BCUT2D eigenvalue weighted by atomic mass is 10.1. The normalized spacial score (nSPS) is 12.9. The Balaban J connectivity index is 2.98. The van der Waals surface area contributed by atoms with Crippen molar-refractivity contribution in [1.29, 1.82) is 0 Å². The molecule has 0 bridgehead atoms. The summed E-state index contributed by atoms with van der Waals surface area (Å²) in [6.45, 7) is 5.50. The summed E-state index contributed by atoms with van der Waals surface area (Å²) in [7, 11) is 0. The molecule has 1 N–H and O–H groups in total. The molecular formula is C14H30BrN. The van der Waals surface area contributed by atoms with Crippen LogP contribution in [-0.2, 0) is 0 Å². The smallest absolute Gasteiger partial charge is 0.0630 e. The first-order chi connectivity index (χ1) is 7.81. The van der Waals surface area contributed by atoms with Gasteiger partial charge in [-0.2, -0.15) is 0 Å². The van der Waals surface area contributed by atoms with E-state index in [9.17, 15) is 0 Å². The minimum absolute atomic E-state index is 0.530. The first kappa shape index (κ1) is 16.4. The van der Waals surface area contributed by atoms with E-state index in [0.717, 1.165) is 6.54 Å². The Kier molecular flexibility index (Phi) is 13.9. The second kappa shape index (κ2) is 13.5. The Hall–Kier alpha value is 0.440. The van der Waals surface area contributed by atoms with Crippen LogP contribution in [0.2, 0.25) is 0 Å². The summed E-state index contributed by atoms with van der Waals surface area (Å²) in [5.41, 5.74) is 0. The van der Waals surface area contributed by atoms with Crippen LogP contribution in [0, 0.1) is 0 Å². The van der Waals surface area contributed by atoms with Gasteiger partial charge in [-0.15, -0.1) is 0 Å². The highest BCUT2D eigenvalue weighted by Gasteiger charge is 2.00. The minimum atomic E-state index is 0.530. The third kappa shape index (κ3) is 12.5. The molecule has 0 aromatic carbocycles. The Morgan fingerprint density at radius 2 is 1.31 bits per heavy atom. The van der Waals surface area contributed by atoms with Crippen LogP contribution in [0.1, 0.15) is 78.1 Å². The summed E-state index contributed by atoms with van der Waals surface area (Å²) >= 11 is 3.64. The van der Waals surface area contributed by atoms with Crippen LogP contribution in [0.5, 0.6) is 0 Å². The monoisotopic (exact) mass is 291 g/mol. The minimum Gasteiger partial charge on any atom is -0.305 e. The lowest BCUT2D eigenvalue weighted by molar-refractivity contribution is 0.538. The lowest BCUT2D eigenvalue weighted by Gasteiger charge is -2.09. The van der Waals surface area contributed by atoms with Crippen molar-refractivity contribution in [3.8, 4) is 0 Å². The van der Waals surface area contributed by atoms with Crippen molar-refractivity contribution >= 4 is 15.9 Å². The zero-order valence-electron chi connectivity index (χ0n) is 11.2. The van der Waals surface area contributed by atoms with Gasteiger partial charge < -0.3 is 5.32 Å². The number of hydrogen-bond donors (Lipinski definition) is 1. The quantitative estimate of drug-likeness (QED) is 0.295. The van der Waals surface area contributed by atoms with Gasteiger partial charge in [0.25, 0.3) is 0 Å². The van der Waals surface area contributed by atoms with Crippen molar-refractivity contribution < 1.29 is 0 Å². The summed E-state index contributed by atoms with van der Waals surface area (Å²) in [4.78, 5) is 0.530. The van der Waals surface area contributed by atoms with E-state index in [1.807, 2.05) is 0 Å². The van der Waals surface area contributed by atoms with Crippen LogP contribution < -0.4 is 5.32 Å². The van der Waals surface area contributed by atoms with E-state index in [2.05, 4.69) is 35.1 Å². The van der Waals surface area contributed by atoms with Crippen LogP contribution in [0.4, 0.5) is 0 Å². The summed E-state index contributed by atoms with van der Waals surface area (Å²) in [5.74, 6) is 0. The Labute approximate surface area is 111 Å². The molecule has 0 aliphatic carbocycles. The van der Waals surface area contributed by atoms with E-state index < -0.39 is 0 Å². The van der Waals surface area contributed by atoms with E-state index >= 15 is 0 Å². The van der Waals surface area contributed by atoms with E-state index in [0.29, 0.717) is 4.95 Å². The fraction of sp³-hybridized carbons (Fsp3) is 1.00.